The molecule has 2 aromatic heterocycles. The molecule has 0 radical (unpaired) electrons. The van der Waals surface area contributed by atoms with Crippen molar-refractivity contribution in [1.82, 2.24) is 19.3 Å². The summed E-state index contributed by atoms with van der Waals surface area (Å²) < 4.78 is 2.06. The first-order valence-corrected chi connectivity index (χ1v) is 8.22. The van der Waals surface area contributed by atoms with Gasteiger partial charge in [-0.15, -0.1) is 0 Å². The van der Waals surface area contributed by atoms with Crippen LogP contribution in [-0.4, -0.2) is 57.6 Å². The summed E-state index contributed by atoms with van der Waals surface area (Å²) >= 11 is 0. The summed E-state index contributed by atoms with van der Waals surface area (Å²) in [7, 11) is 2.14. The molecule has 1 saturated heterocycles. The van der Waals surface area contributed by atoms with E-state index < -0.39 is 0 Å². The fourth-order valence-corrected chi connectivity index (χ4v) is 3.25. The van der Waals surface area contributed by atoms with Crippen molar-refractivity contribution in [2.75, 3.05) is 38.1 Å². The van der Waals surface area contributed by atoms with Crippen molar-refractivity contribution in [2.24, 2.45) is 0 Å². The molecule has 3 heterocycles. The molecule has 6 heteroatoms. The third-order valence-corrected chi connectivity index (χ3v) is 4.68. The molecule has 0 spiro atoms. The van der Waals surface area contributed by atoms with Crippen molar-refractivity contribution in [3.63, 3.8) is 0 Å². The molecule has 1 fully saturated rings. The lowest BCUT2D eigenvalue weighted by Crippen LogP contribution is -2.45. The Labute approximate surface area is 141 Å². The number of aliphatic hydroxyl groups excluding tert-OH is 1. The van der Waals surface area contributed by atoms with Crippen LogP contribution in [0.4, 0.5) is 5.82 Å². The average Bonchev–Trinajstić information content (AvgIpc) is 3.06. The number of aromatic nitrogens is 3. The normalized spacial score (nSPS) is 16.0. The number of piperazine rings is 1. The van der Waals surface area contributed by atoms with E-state index in [0.29, 0.717) is 0 Å². The Kier molecular flexibility index (Phi) is 3.92. The van der Waals surface area contributed by atoms with Gasteiger partial charge in [0, 0.05) is 44.1 Å². The van der Waals surface area contributed by atoms with Gasteiger partial charge >= 0.3 is 0 Å². The van der Waals surface area contributed by atoms with E-state index in [1.807, 2.05) is 42.9 Å². The molecule has 0 unspecified atom stereocenters. The van der Waals surface area contributed by atoms with Crippen LogP contribution in [0.1, 0.15) is 5.56 Å². The zero-order valence-corrected chi connectivity index (χ0v) is 13.8. The highest BCUT2D eigenvalue weighted by atomic mass is 16.3. The number of rotatable bonds is 3. The second kappa shape index (κ2) is 6.22. The van der Waals surface area contributed by atoms with Crippen molar-refractivity contribution in [1.29, 1.82) is 0 Å². The van der Waals surface area contributed by atoms with E-state index in [4.69, 9.17) is 0 Å². The Morgan fingerprint density at radius 1 is 1.08 bits per heavy atom. The van der Waals surface area contributed by atoms with Gasteiger partial charge in [-0.3, -0.25) is 4.40 Å². The fourth-order valence-electron chi connectivity index (χ4n) is 3.25. The van der Waals surface area contributed by atoms with Gasteiger partial charge in [-0.2, -0.15) is 0 Å². The SMILES string of the molecule is CN1CCN(c2nccn3c(-c4ccccc4CO)cnc23)CC1. The summed E-state index contributed by atoms with van der Waals surface area (Å²) in [4.78, 5) is 13.8. The van der Waals surface area contributed by atoms with Gasteiger partial charge in [-0.05, 0) is 12.6 Å². The maximum Gasteiger partial charge on any atom is 0.180 e. The van der Waals surface area contributed by atoms with E-state index in [9.17, 15) is 5.11 Å². The number of likely N-dealkylation sites (N-methyl/N-ethyl adjacent to an activating group) is 1. The Balaban J connectivity index is 1.79. The summed E-state index contributed by atoms with van der Waals surface area (Å²) in [6, 6.07) is 7.88. The van der Waals surface area contributed by atoms with Crippen molar-refractivity contribution in [2.45, 2.75) is 6.61 Å². The number of anilines is 1. The minimum Gasteiger partial charge on any atom is -0.392 e. The van der Waals surface area contributed by atoms with Gasteiger partial charge in [-0.25, -0.2) is 9.97 Å². The molecule has 1 aliphatic rings. The lowest BCUT2D eigenvalue weighted by molar-refractivity contribution is 0.282. The molecule has 6 nitrogen and oxygen atoms in total. The van der Waals surface area contributed by atoms with Crippen LogP contribution in [0.3, 0.4) is 0 Å². The van der Waals surface area contributed by atoms with Gasteiger partial charge in [0.05, 0.1) is 18.5 Å². The molecule has 1 N–H and O–H groups in total. The smallest absolute Gasteiger partial charge is 0.180 e. The number of aliphatic hydroxyl groups is 1. The van der Waals surface area contributed by atoms with Crippen LogP contribution in [0.25, 0.3) is 16.9 Å². The number of nitrogens with zero attached hydrogens (tertiary/aromatic N) is 5. The minimum absolute atomic E-state index is 0.0137. The van der Waals surface area contributed by atoms with Gasteiger partial charge in [-0.1, -0.05) is 24.3 Å². The number of benzene rings is 1. The predicted molar refractivity (Wildman–Crippen MR) is 94.1 cm³/mol. The van der Waals surface area contributed by atoms with Gasteiger partial charge < -0.3 is 14.9 Å². The van der Waals surface area contributed by atoms with Crippen LogP contribution in [0.15, 0.2) is 42.9 Å². The largest absolute Gasteiger partial charge is 0.392 e. The topological polar surface area (TPSA) is 56.9 Å². The summed E-state index contributed by atoms with van der Waals surface area (Å²) in [5.41, 5.74) is 3.75. The number of hydrogen-bond donors (Lipinski definition) is 1. The van der Waals surface area contributed by atoms with E-state index in [1.54, 1.807) is 0 Å². The zero-order valence-electron chi connectivity index (χ0n) is 13.8. The zero-order chi connectivity index (χ0) is 16.5. The molecule has 4 rings (SSSR count). The van der Waals surface area contributed by atoms with E-state index in [-0.39, 0.29) is 6.61 Å². The first-order valence-electron chi connectivity index (χ1n) is 8.22. The van der Waals surface area contributed by atoms with Crippen molar-refractivity contribution in [3.05, 3.63) is 48.4 Å². The lowest BCUT2D eigenvalue weighted by Gasteiger charge is -2.33. The molecule has 124 valence electrons. The Bertz CT molecular complexity index is 851. The summed E-state index contributed by atoms with van der Waals surface area (Å²) in [5.74, 6) is 0.929. The molecular formula is C18H21N5O. The van der Waals surface area contributed by atoms with E-state index >= 15 is 0 Å². The van der Waals surface area contributed by atoms with E-state index in [1.165, 1.54) is 0 Å². The predicted octanol–water partition coefficient (Wildman–Crippen LogP) is 1.64. The molecule has 3 aromatic rings. The van der Waals surface area contributed by atoms with Crippen LogP contribution in [-0.2, 0) is 6.61 Å². The van der Waals surface area contributed by atoms with Gasteiger partial charge in [0.25, 0.3) is 0 Å². The molecule has 1 aromatic carbocycles. The summed E-state index contributed by atoms with van der Waals surface area (Å²) in [6.07, 6.45) is 5.63. The second-order valence-electron chi connectivity index (χ2n) is 6.19. The second-order valence-corrected chi connectivity index (χ2v) is 6.19. The minimum atomic E-state index is 0.0137. The Hall–Kier alpha value is -2.44. The molecule has 0 bridgehead atoms. The molecule has 0 amide bonds. The summed E-state index contributed by atoms with van der Waals surface area (Å²) in [6.45, 7) is 3.99. The van der Waals surface area contributed by atoms with Crippen LogP contribution < -0.4 is 4.90 Å². The van der Waals surface area contributed by atoms with Crippen LogP contribution in [0, 0.1) is 0 Å². The highest BCUT2D eigenvalue weighted by Gasteiger charge is 2.20. The van der Waals surface area contributed by atoms with Crippen LogP contribution in [0.2, 0.25) is 0 Å². The van der Waals surface area contributed by atoms with Gasteiger partial charge in [0.2, 0.25) is 0 Å². The third kappa shape index (κ3) is 2.53. The molecular weight excluding hydrogens is 302 g/mol. The molecule has 24 heavy (non-hydrogen) atoms. The maximum atomic E-state index is 9.62. The van der Waals surface area contributed by atoms with Gasteiger partial charge in [0.15, 0.2) is 11.5 Å². The highest BCUT2D eigenvalue weighted by molar-refractivity contribution is 5.73. The lowest BCUT2D eigenvalue weighted by atomic mass is 10.1. The van der Waals surface area contributed by atoms with Crippen molar-refractivity contribution in [3.8, 4) is 11.3 Å². The quantitative estimate of drug-likeness (QED) is 0.794. The van der Waals surface area contributed by atoms with Crippen LogP contribution in [0.5, 0.6) is 0 Å². The maximum absolute atomic E-state index is 9.62. The first-order chi connectivity index (χ1) is 11.8. The molecule has 0 aliphatic carbocycles. The van der Waals surface area contributed by atoms with Gasteiger partial charge in [0.1, 0.15) is 0 Å². The van der Waals surface area contributed by atoms with E-state index in [2.05, 4.69) is 31.2 Å². The third-order valence-electron chi connectivity index (χ3n) is 4.68. The molecule has 0 saturated carbocycles. The fraction of sp³-hybridized carbons (Fsp3) is 0.333. The van der Waals surface area contributed by atoms with Crippen molar-refractivity contribution < 1.29 is 5.11 Å². The Morgan fingerprint density at radius 2 is 1.88 bits per heavy atom. The molecule has 1 aliphatic heterocycles. The van der Waals surface area contributed by atoms with Crippen LogP contribution >= 0.6 is 0 Å². The summed E-state index contributed by atoms with van der Waals surface area (Å²) in [5, 5.41) is 9.62. The van der Waals surface area contributed by atoms with E-state index in [0.717, 1.165) is 54.5 Å². The number of fused-ring (bicyclic) bond motifs is 1. The first kappa shape index (κ1) is 15.1. The molecule has 0 atom stereocenters. The monoisotopic (exact) mass is 323 g/mol. The Morgan fingerprint density at radius 3 is 2.67 bits per heavy atom. The number of imidazole rings is 1. The standard InChI is InChI=1S/C18H21N5O/c1-21-8-10-22(11-9-21)17-18-20-12-16(23(18)7-6-19-17)15-5-3-2-4-14(15)13-24/h2-7,12,24H,8-11,13H2,1H3. The highest BCUT2D eigenvalue weighted by Crippen LogP contribution is 2.28. The average molecular weight is 323 g/mol. The number of hydrogen-bond acceptors (Lipinski definition) is 5. The van der Waals surface area contributed by atoms with Crippen molar-refractivity contribution >= 4 is 11.5 Å².